The van der Waals surface area contributed by atoms with Crippen molar-refractivity contribution in [2.45, 2.75) is 31.2 Å². The van der Waals surface area contributed by atoms with Crippen LogP contribution in [0, 0.1) is 0 Å². The van der Waals surface area contributed by atoms with Crippen LogP contribution in [-0.2, 0) is 20.9 Å². The minimum absolute atomic E-state index is 0.0812. The zero-order valence-electron chi connectivity index (χ0n) is 13.7. The van der Waals surface area contributed by atoms with Crippen LogP contribution in [0.5, 0.6) is 0 Å². The maximum atomic E-state index is 12.8. The summed E-state index contributed by atoms with van der Waals surface area (Å²) in [6.45, 7) is 5.12. The average molecular weight is 337 g/mol. The van der Waals surface area contributed by atoms with Crippen LogP contribution in [0.15, 0.2) is 24.5 Å². The Morgan fingerprint density at radius 1 is 1.57 bits per heavy atom. The molecule has 2 rings (SSSR count). The number of thioether (sulfide) groups is 1. The van der Waals surface area contributed by atoms with Gasteiger partial charge in [-0.1, -0.05) is 6.07 Å². The predicted molar refractivity (Wildman–Crippen MR) is 90.0 cm³/mol. The molecule has 1 saturated heterocycles. The molecule has 0 unspecified atom stereocenters. The number of rotatable bonds is 6. The first-order valence-corrected chi connectivity index (χ1v) is 8.54. The maximum Gasteiger partial charge on any atom is 0.246 e. The highest BCUT2D eigenvalue weighted by molar-refractivity contribution is 8.01. The van der Waals surface area contributed by atoms with E-state index in [4.69, 9.17) is 4.74 Å². The van der Waals surface area contributed by atoms with Crippen LogP contribution in [0.2, 0.25) is 0 Å². The van der Waals surface area contributed by atoms with Gasteiger partial charge in [-0.15, -0.1) is 11.8 Å². The van der Waals surface area contributed by atoms with Gasteiger partial charge in [0, 0.05) is 38.3 Å². The third-order valence-corrected chi connectivity index (χ3v) is 5.14. The van der Waals surface area contributed by atoms with Crippen molar-refractivity contribution in [2.24, 2.45) is 0 Å². The molecule has 2 amide bonds. The smallest absolute Gasteiger partial charge is 0.246 e. The number of methoxy groups -OCH3 is 1. The number of hydrogen-bond acceptors (Lipinski definition) is 5. The third-order valence-electron chi connectivity index (χ3n) is 3.73. The fourth-order valence-electron chi connectivity index (χ4n) is 2.27. The van der Waals surface area contributed by atoms with E-state index in [1.54, 1.807) is 24.4 Å². The summed E-state index contributed by atoms with van der Waals surface area (Å²) in [6.07, 6.45) is 3.44. The minimum Gasteiger partial charge on any atom is -0.383 e. The van der Waals surface area contributed by atoms with Gasteiger partial charge in [-0.3, -0.25) is 14.6 Å². The molecule has 23 heavy (non-hydrogen) atoms. The Kier molecular flexibility index (Phi) is 6.01. The van der Waals surface area contributed by atoms with Gasteiger partial charge >= 0.3 is 0 Å². The molecule has 0 bridgehead atoms. The van der Waals surface area contributed by atoms with Crippen molar-refractivity contribution in [2.75, 3.05) is 26.0 Å². The highest BCUT2D eigenvalue weighted by Crippen LogP contribution is 2.29. The van der Waals surface area contributed by atoms with Gasteiger partial charge < -0.3 is 15.0 Å². The fraction of sp³-hybridized carbons (Fsp3) is 0.562. The van der Waals surface area contributed by atoms with E-state index in [9.17, 15) is 9.59 Å². The first-order chi connectivity index (χ1) is 10.9. The van der Waals surface area contributed by atoms with Crippen molar-refractivity contribution in [1.29, 1.82) is 0 Å². The normalized spacial score (nSPS) is 20.0. The van der Waals surface area contributed by atoms with Crippen molar-refractivity contribution in [1.82, 2.24) is 15.2 Å². The van der Waals surface area contributed by atoms with Gasteiger partial charge in [-0.05, 0) is 25.5 Å². The molecule has 126 valence electrons. The number of amides is 2. The largest absolute Gasteiger partial charge is 0.383 e. The zero-order chi connectivity index (χ0) is 16.9. The lowest BCUT2D eigenvalue weighted by molar-refractivity contribution is -0.137. The molecule has 0 saturated carbocycles. The molecule has 1 atom stereocenters. The number of aromatic nitrogens is 1. The highest BCUT2D eigenvalue weighted by atomic mass is 32.2. The molecular formula is C16H23N3O3S. The molecule has 0 radical (unpaired) electrons. The topological polar surface area (TPSA) is 71.5 Å². The Balaban J connectivity index is 2.06. The van der Waals surface area contributed by atoms with Gasteiger partial charge in [0.1, 0.15) is 6.04 Å². The van der Waals surface area contributed by atoms with E-state index in [-0.39, 0.29) is 11.8 Å². The van der Waals surface area contributed by atoms with Crippen LogP contribution < -0.4 is 5.32 Å². The molecule has 1 N–H and O–H groups in total. The van der Waals surface area contributed by atoms with E-state index >= 15 is 0 Å². The molecule has 6 nitrogen and oxygen atoms in total. The lowest BCUT2D eigenvalue weighted by atomic mass is 10.1. The molecule has 0 spiro atoms. The first kappa shape index (κ1) is 17.7. The average Bonchev–Trinajstić information content (AvgIpc) is 2.54. The second-order valence-electron chi connectivity index (χ2n) is 5.96. The summed E-state index contributed by atoms with van der Waals surface area (Å²) in [4.78, 5) is 30.7. The van der Waals surface area contributed by atoms with Crippen LogP contribution in [0.4, 0.5) is 0 Å². The van der Waals surface area contributed by atoms with E-state index in [0.717, 1.165) is 5.56 Å². The monoisotopic (exact) mass is 337 g/mol. The SMILES string of the molecule is COCCN(Cc1cccnc1)C(=O)[C@H]1CSC(C)(C)C(=O)N1. The van der Waals surface area contributed by atoms with Gasteiger partial charge in [0.15, 0.2) is 0 Å². The van der Waals surface area contributed by atoms with Gasteiger partial charge in [0.2, 0.25) is 11.8 Å². The van der Waals surface area contributed by atoms with Crippen LogP contribution in [0.3, 0.4) is 0 Å². The summed E-state index contributed by atoms with van der Waals surface area (Å²) in [7, 11) is 1.60. The summed E-state index contributed by atoms with van der Waals surface area (Å²) >= 11 is 1.51. The molecule has 1 aliphatic rings. The van der Waals surface area contributed by atoms with E-state index in [2.05, 4.69) is 10.3 Å². The van der Waals surface area contributed by atoms with Crippen molar-refractivity contribution < 1.29 is 14.3 Å². The second-order valence-corrected chi connectivity index (χ2v) is 7.60. The number of ether oxygens (including phenoxy) is 1. The third kappa shape index (κ3) is 4.68. The van der Waals surface area contributed by atoms with Crippen molar-refractivity contribution >= 4 is 23.6 Å². The summed E-state index contributed by atoms with van der Waals surface area (Å²) in [6, 6.07) is 3.28. The Hall–Kier alpha value is -1.60. The van der Waals surface area contributed by atoms with Gasteiger partial charge in [0.25, 0.3) is 0 Å². The Bertz CT molecular complexity index is 551. The van der Waals surface area contributed by atoms with Crippen molar-refractivity contribution in [3.05, 3.63) is 30.1 Å². The molecule has 2 heterocycles. The molecule has 1 aromatic heterocycles. The number of pyridine rings is 1. The zero-order valence-corrected chi connectivity index (χ0v) is 14.6. The summed E-state index contributed by atoms with van der Waals surface area (Å²) in [5.74, 6) is 0.399. The van der Waals surface area contributed by atoms with Crippen LogP contribution >= 0.6 is 11.8 Å². The number of nitrogens with zero attached hydrogens (tertiary/aromatic N) is 2. The lowest BCUT2D eigenvalue weighted by Crippen LogP contribution is -2.57. The molecule has 1 aliphatic heterocycles. The Labute approximate surface area is 141 Å². The lowest BCUT2D eigenvalue weighted by Gasteiger charge is -2.35. The van der Waals surface area contributed by atoms with E-state index in [1.165, 1.54) is 11.8 Å². The summed E-state index contributed by atoms with van der Waals surface area (Å²) in [5.41, 5.74) is 0.951. The van der Waals surface area contributed by atoms with Crippen LogP contribution in [0.1, 0.15) is 19.4 Å². The second kappa shape index (κ2) is 7.79. The van der Waals surface area contributed by atoms with Crippen molar-refractivity contribution in [3.8, 4) is 0 Å². The molecular weight excluding hydrogens is 314 g/mol. The molecule has 0 aliphatic carbocycles. The molecule has 1 fully saturated rings. The summed E-state index contributed by atoms with van der Waals surface area (Å²) < 4.78 is 4.61. The van der Waals surface area contributed by atoms with E-state index in [1.807, 2.05) is 26.0 Å². The van der Waals surface area contributed by atoms with E-state index in [0.29, 0.717) is 25.4 Å². The molecule has 7 heteroatoms. The first-order valence-electron chi connectivity index (χ1n) is 7.55. The number of carbonyl (C=O) groups excluding carboxylic acids is 2. The van der Waals surface area contributed by atoms with Gasteiger partial charge in [0.05, 0.1) is 11.4 Å². The molecule has 0 aromatic carbocycles. The Morgan fingerprint density at radius 3 is 2.96 bits per heavy atom. The number of hydrogen-bond donors (Lipinski definition) is 1. The maximum absolute atomic E-state index is 12.8. The standard InChI is InChI=1S/C16H23N3O3S/c1-16(2)15(21)18-13(11-23-16)14(20)19(7-8-22-3)10-12-5-4-6-17-9-12/h4-6,9,13H,7-8,10-11H2,1-3H3,(H,18,21)/t13-/m1/s1. The van der Waals surface area contributed by atoms with Crippen LogP contribution in [0.25, 0.3) is 0 Å². The Morgan fingerprint density at radius 2 is 2.35 bits per heavy atom. The number of nitrogens with one attached hydrogen (secondary N) is 1. The fourth-order valence-corrected chi connectivity index (χ4v) is 3.26. The van der Waals surface area contributed by atoms with Gasteiger partial charge in [-0.25, -0.2) is 0 Å². The van der Waals surface area contributed by atoms with E-state index < -0.39 is 10.8 Å². The molecule has 1 aromatic rings. The summed E-state index contributed by atoms with van der Waals surface area (Å²) in [5, 5.41) is 2.84. The van der Waals surface area contributed by atoms with Crippen molar-refractivity contribution in [3.63, 3.8) is 0 Å². The predicted octanol–water partition coefficient (Wildman–Crippen LogP) is 1.07. The van der Waals surface area contributed by atoms with Crippen LogP contribution in [-0.4, -0.2) is 58.5 Å². The van der Waals surface area contributed by atoms with Gasteiger partial charge in [-0.2, -0.15) is 0 Å². The minimum atomic E-state index is -0.492. The quantitative estimate of drug-likeness (QED) is 0.841. The number of carbonyl (C=O) groups is 2. The highest BCUT2D eigenvalue weighted by Gasteiger charge is 2.39.